The Morgan fingerprint density at radius 2 is 1.41 bits per heavy atom. The molecule has 1 aromatic carbocycles. The van der Waals surface area contributed by atoms with Gasteiger partial charge in [-0.05, 0) is 171 Å². The van der Waals surface area contributed by atoms with Crippen molar-refractivity contribution in [3.05, 3.63) is 35.9 Å². The third kappa shape index (κ3) is 8.77. The van der Waals surface area contributed by atoms with E-state index in [1.54, 1.807) is 0 Å². The zero-order valence-corrected chi connectivity index (χ0v) is 48.1. The average Bonchev–Trinajstić information content (AvgIpc) is 3.90. The number of hydrogen-bond donors (Lipinski definition) is 1. The first kappa shape index (κ1) is 53.0. The second-order valence-electron chi connectivity index (χ2n) is 28.9. The maximum atomic E-state index is 14.2. The van der Waals surface area contributed by atoms with Gasteiger partial charge < -0.3 is 19.2 Å². The van der Waals surface area contributed by atoms with Crippen LogP contribution in [0.25, 0.3) is 0 Å². The van der Waals surface area contributed by atoms with Crippen molar-refractivity contribution < 1.29 is 31.9 Å². The Hall–Kier alpha value is -1.79. The highest BCUT2D eigenvalue weighted by atomic mass is 32.2. The van der Waals surface area contributed by atoms with Gasteiger partial charge in [0.2, 0.25) is 0 Å². The lowest BCUT2D eigenvalue weighted by molar-refractivity contribution is -0.250. The monoisotopic (exact) mass is 1000 g/mol. The van der Waals surface area contributed by atoms with E-state index >= 15 is 0 Å². The van der Waals surface area contributed by atoms with Gasteiger partial charge in [-0.2, -0.15) is 0 Å². The number of fused-ring (bicyclic) bond motifs is 7. The number of carbonyl (C=O) groups excluding carboxylic acids is 2. The first-order chi connectivity index (χ1) is 32.4. The van der Waals surface area contributed by atoms with Gasteiger partial charge in [-0.3, -0.25) is 14.5 Å². The molecule has 8 fully saturated rings. The van der Waals surface area contributed by atoms with Gasteiger partial charge in [0, 0.05) is 36.6 Å². The maximum Gasteiger partial charge on any atom is 0.309 e. The summed E-state index contributed by atoms with van der Waals surface area (Å²) in [6, 6.07) is 9.92. The van der Waals surface area contributed by atoms with E-state index in [1.165, 1.54) is 64.2 Å². The predicted octanol–water partition coefficient (Wildman–Crippen LogP) is 12.0. The summed E-state index contributed by atoms with van der Waals surface area (Å²) in [6.07, 6.45) is 15.1. The van der Waals surface area contributed by atoms with Gasteiger partial charge in [0.25, 0.3) is 0 Å². The van der Waals surface area contributed by atoms with E-state index < -0.39 is 23.6 Å². The van der Waals surface area contributed by atoms with Crippen LogP contribution < -0.4 is 5.32 Å². The summed E-state index contributed by atoms with van der Waals surface area (Å²) in [5.41, 5.74) is 1.43. The Bertz CT molecular complexity index is 2220. The average molecular weight is 1010 g/mol. The smallest absolute Gasteiger partial charge is 0.309 e. The first-order valence-corrected chi connectivity index (χ1v) is 33.0. The highest BCUT2D eigenvalue weighted by molar-refractivity contribution is 7.91. The van der Waals surface area contributed by atoms with Crippen molar-refractivity contribution in [2.45, 2.75) is 215 Å². The van der Waals surface area contributed by atoms with Gasteiger partial charge in [0.1, 0.15) is 12.7 Å². The Morgan fingerprint density at radius 3 is 2.04 bits per heavy atom. The molecule has 1 N–H and O–H groups in total. The number of nitrogens with zero attached hydrogens (tertiary/aromatic N) is 1. The highest BCUT2D eigenvalue weighted by Crippen LogP contribution is 2.78. The van der Waals surface area contributed by atoms with Crippen molar-refractivity contribution in [1.82, 2.24) is 10.2 Å². The highest BCUT2D eigenvalue weighted by Gasteiger charge is 2.73. The Balaban J connectivity index is 0.909. The number of sulfone groups is 1. The molecule has 7 aliphatic carbocycles. The van der Waals surface area contributed by atoms with Crippen LogP contribution in [0.2, 0.25) is 18.1 Å². The third-order valence-electron chi connectivity index (χ3n) is 24.0. The van der Waals surface area contributed by atoms with E-state index in [2.05, 4.69) is 92.5 Å². The van der Waals surface area contributed by atoms with Crippen molar-refractivity contribution >= 4 is 30.1 Å². The van der Waals surface area contributed by atoms with Crippen molar-refractivity contribution in [2.24, 2.45) is 73.9 Å². The van der Waals surface area contributed by atoms with E-state index in [-0.39, 0.29) is 92.4 Å². The fourth-order valence-corrected chi connectivity index (χ4v) is 20.6. The molecule has 9 rings (SSSR count). The van der Waals surface area contributed by atoms with Gasteiger partial charge in [-0.1, -0.05) is 106 Å². The fraction of sp³-hybridized carbons (Fsp3) is 0.864. The van der Waals surface area contributed by atoms with Gasteiger partial charge in [0.05, 0.1) is 29.4 Å². The molecule has 0 spiro atoms. The lowest BCUT2D eigenvalue weighted by Gasteiger charge is -2.73. The number of benzene rings is 1. The van der Waals surface area contributed by atoms with Crippen LogP contribution in [0.5, 0.6) is 0 Å². The van der Waals surface area contributed by atoms with Crippen LogP contribution in [0.15, 0.2) is 30.3 Å². The first-order valence-electron chi connectivity index (χ1n) is 28.2. The Labute approximate surface area is 426 Å². The predicted molar refractivity (Wildman–Crippen MR) is 283 cm³/mol. The van der Waals surface area contributed by atoms with Crippen molar-refractivity contribution in [1.29, 1.82) is 0 Å². The summed E-state index contributed by atoms with van der Waals surface area (Å²) in [4.78, 5) is 29.9. The zero-order chi connectivity index (χ0) is 50.9. The molecule has 0 bridgehead atoms. The van der Waals surface area contributed by atoms with Crippen LogP contribution in [0.3, 0.4) is 0 Å². The molecule has 1 aromatic rings. The molecular weight excluding hydrogens is 909 g/mol. The Kier molecular flexibility index (Phi) is 13.6. The van der Waals surface area contributed by atoms with Gasteiger partial charge >= 0.3 is 11.9 Å². The molecule has 70 heavy (non-hydrogen) atoms. The van der Waals surface area contributed by atoms with Crippen LogP contribution >= 0.6 is 0 Å². The standard InChI is InChI=1S/C59H96N2O7SSi/c1-39(68-70(13,14)52(2,3)4)45(61-32-34-69(64,65)35-33-61)37-60-59-27-22-41(55(9)28-29-55)49(59)42-20-21-47-56(10)25-24-48(54(7,8)46(56)23-26-58(47,12)57(42,11)30-31-59)67-51(63)44-36-43(53(44,5)6)50(62)66-38-40-18-16-15-17-19-40/h15-19,39,41-49,60H,20-38H2,1-14H3/t39-,41-,42-,43+,44-,45-,46+,47-,48+,49-,56+,57-,58-,59+/m1/s1. The molecular formula is C59H96N2O7SSi. The topological polar surface area (TPSA) is 111 Å². The van der Waals surface area contributed by atoms with Crippen LogP contribution in [0, 0.1) is 73.9 Å². The van der Waals surface area contributed by atoms with Crippen LogP contribution in [0.4, 0.5) is 0 Å². The Morgan fingerprint density at radius 1 is 0.757 bits per heavy atom. The molecule has 11 heteroatoms. The van der Waals surface area contributed by atoms with E-state index in [0.717, 1.165) is 30.9 Å². The minimum atomic E-state index is -3.01. The maximum absolute atomic E-state index is 14.2. The van der Waals surface area contributed by atoms with E-state index in [0.29, 0.717) is 48.6 Å². The number of ether oxygens (including phenoxy) is 2. The van der Waals surface area contributed by atoms with E-state index in [4.69, 9.17) is 13.9 Å². The molecule has 0 unspecified atom stereocenters. The second-order valence-corrected chi connectivity index (χ2v) is 36.0. The summed E-state index contributed by atoms with van der Waals surface area (Å²) in [5.74, 6) is 2.62. The molecule has 8 aliphatic rings. The summed E-state index contributed by atoms with van der Waals surface area (Å²) in [7, 11) is -5.09. The van der Waals surface area contributed by atoms with E-state index in [9.17, 15) is 18.0 Å². The molecule has 1 heterocycles. The molecule has 7 saturated carbocycles. The molecule has 394 valence electrons. The summed E-state index contributed by atoms with van der Waals surface area (Å²) in [6.45, 7) is 35.9. The molecule has 0 radical (unpaired) electrons. The molecule has 9 nitrogen and oxygen atoms in total. The number of hydrogen-bond acceptors (Lipinski definition) is 9. The zero-order valence-electron chi connectivity index (χ0n) is 46.3. The number of nitrogens with one attached hydrogen (secondary N) is 1. The molecule has 0 aromatic heterocycles. The fourth-order valence-electron chi connectivity index (χ4n) is 17.9. The summed E-state index contributed by atoms with van der Waals surface area (Å²) >= 11 is 0. The largest absolute Gasteiger partial charge is 0.462 e. The summed E-state index contributed by atoms with van der Waals surface area (Å²) < 4.78 is 45.1. The second kappa shape index (κ2) is 17.9. The quantitative estimate of drug-likeness (QED) is 0.153. The van der Waals surface area contributed by atoms with Crippen LogP contribution in [-0.4, -0.2) is 88.5 Å². The summed E-state index contributed by atoms with van der Waals surface area (Å²) in [5, 5.41) is 4.58. The van der Waals surface area contributed by atoms with Crippen molar-refractivity contribution in [3.8, 4) is 0 Å². The lowest BCUT2D eigenvalue weighted by atomic mass is 9.32. The van der Waals surface area contributed by atoms with Crippen LogP contribution in [0.1, 0.15) is 172 Å². The van der Waals surface area contributed by atoms with Gasteiger partial charge in [-0.15, -0.1) is 0 Å². The number of rotatable bonds is 13. The van der Waals surface area contributed by atoms with Crippen molar-refractivity contribution in [2.75, 3.05) is 31.1 Å². The number of esters is 2. The molecule has 0 amide bonds. The molecule has 1 aliphatic heterocycles. The molecule has 14 atom stereocenters. The number of carbonyl (C=O) groups is 2. The minimum absolute atomic E-state index is 0.00253. The van der Waals surface area contributed by atoms with Crippen molar-refractivity contribution in [3.63, 3.8) is 0 Å². The van der Waals surface area contributed by atoms with Crippen LogP contribution in [-0.2, 0) is 39.9 Å². The van der Waals surface area contributed by atoms with Gasteiger partial charge in [0.15, 0.2) is 18.2 Å². The minimum Gasteiger partial charge on any atom is -0.462 e. The lowest BCUT2D eigenvalue weighted by Crippen LogP contribution is -2.69. The molecule has 1 saturated heterocycles. The van der Waals surface area contributed by atoms with E-state index in [1.807, 2.05) is 44.2 Å². The normalized spacial score (nSPS) is 41.3. The third-order valence-corrected chi connectivity index (χ3v) is 30.1. The van der Waals surface area contributed by atoms with Gasteiger partial charge in [-0.25, -0.2) is 8.42 Å². The SMILES string of the molecule is C[C@@H](O[Si](C)(C)C(C)(C)C)[C@@H](CN[C@]12CC[C@@H](C3(C)CC3)[C@@H]1[C@H]1CC[C@@H]3[C@@]4(C)CC[C@H](OC(=O)[C@H]5C[C@@H](C(=O)OCc6ccccc6)C5(C)C)C(C)(C)[C@@H]4CC[C@@]3(C)[C@]1(C)CC2)N1CCS(=O)(=O)CC1.